The number of rotatable bonds is 9. The van der Waals surface area contributed by atoms with Crippen LogP contribution < -0.4 is 24.8 Å². The van der Waals surface area contributed by atoms with Crippen molar-refractivity contribution in [3.8, 4) is 17.2 Å². The van der Waals surface area contributed by atoms with Crippen LogP contribution in [0.5, 0.6) is 17.2 Å². The van der Waals surface area contributed by atoms with Crippen LogP contribution in [0.4, 0.5) is 5.69 Å². The van der Waals surface area contributed by atoms with E-state index in [9.17, 15) is 0 Å². The Morgan fingerprint density at radius 3 is 2.71 bits per heavy atom. The molecule has 8 heteroatoms. The molecular weight excluding hydrogens is 509 g/mol. The first kappa shape index (κ1) is 25.1. The Morgan fingerprint density at radius 1 is 1.06 bits per heavy atom. The fourth-order valence-corrected chi connectivity index (χ4v) is 2.98. The van der Waals surface area contributed by atoms with E-state index in [-0.39, 0.29) is 24.0 Å². The zero-order valence-corrected chi connectivity index (χ0v) is 20.5. The van der Waals surface area contributed by atoms with Crippen molar-refractivity contribution in [3.63, 3.8) is 0 Å². The number of halogens is 1. The van der Waals surface area contributed by atoms with E-state index in [0.29, 0.717) is 38.9 Å². The first-order valence-electron chi connectivity index (χ1n) is 10.4. The predicted molar refractivity (Wildman–Crippen MR) is 134 cm³/mol. The third-order valence-corrected chi connectivity index (χ3v) is 4.43. The van der Waals surface area contributed by atoms with Crippen molar-refractivity contribution < 1.29 is 18.9 Å². The number of aliphatic imine (C=N–C) groups is 1. The number of nitrogens with one attached hydrogen (secondary N) is 2. The van der Waals surface area contributed by atoms with E-state index in [2.05, 4.69) is 10.6 Å². The molecule has 1 heterocycles. The van der Waals surface area contributed by atoms with Gasteiger partial charge in [-0.3, -0.25) is 0 Å². The summed E-state index contributed by atoms with van der Waals surface area (Å²) in [4.78, 5) is 4.71. The van der Waals surface area contributed by atoms with Crippen LogP contribution in [0.15, 0.2) is 47.5 Å². The summed E-state index contributed by atoms with van der Waals surface area (Å²) in [7, 11) is 1.70. The molecule has 31 heavy (non-hydrogen) atoms. The molecule has 0 saturated carbocycles. The lowest BCUT2D eigenvalue weighted by molar-refractivity contribution is 0.172. The van der Waals surface area contributed by atoms with Crippen LogP contribution in [0.2, 0.25) is 0 Å². The van der Waals surface area contributed by atoms with Crippen LogP contribution in [-0.4, -0.2) is 46.0 Å². The number of anilines is 1. The summed E-state index contributed by atoms with van der Waals surface area (Å²) in [6.45, 7) is 6.01. The van der Waals surface area contributed by atoms with Crippen LogP contribution in [-0.2, 0) is 11.3 Å². The molecule has 1 aliphatic rings. The van der Waals surface area contributed by atoms with Gasteiger partial charge in [-0.1, -0.05) is 12.1 Å². The lowest BCUT2D eigenvalue weighted by Crippen LogP contribution is -2.30. The van der Waals surface area contributed by atoms with Gasteiger partial charge in [0.2, 0.25) is 0 Å². The molecule has 0 saturated heterocycles. The van der Waals surface area contributed by atoms with Crippen molar-refractivity contribution in [3.05, 3.63) is 48.0 Å². The van der Waals surface area contributed by atoms with Gasteiger partial charge >= 0.3 is 0 Å². The third kappa shape index (κ3) is 8.45. The topological polar surface area (TPSA) is 73.3 Å². The van der Waals surface area contributed by atoms with Gasteiger partial charge in [-0.2, -0.15) is 0 Å². The number of hydrogen-bond donors (Lipinski definition) is 2. The summed E-state index contributed by atoms with van der Waals surface area (Å²) in [6.07, 6.45) is 1.75. The van der Waals surface area contributed by atoms with Crippen LogP contribution in [0.3, 0.4) is 0 Å². The molecule has 0 unspecified atom stereocenters. The smallest absolute Gasteiger partial charge is 0.196 e. The van der Waals surface area contributed by atoms with E-state index in [0.717, 1.165) is 47.9 Å². The van der Waals surface area contributed by atoms with E-state index < -0.39 is 0 Å². The lowest BCUT2D eigenvalue weighted by atomic mass is 10.2. The maximum Gasteiger partial charge on any atom is 0.196 e. The Morgan fingerprint density at radius 2 is 1.90 bits per heavy atom. The molecule has 0 aromatic heterocycles. The molecule has 170 valence electrons. The number of benzene rings is 2. The second-order valence-corrected chi connectivity index (χ2v) is 6.87. The molecule has 0 radical (unpaired) electrons. The minimum absolute atomic E-state index is 0. The van der Waals surface area contributed by atoms with Crippen molar-refractivity contribution in [2.45, 2.75) is 26.3 Å². The van der Waals surface area contributed by atoms with Gasteiger partial charge in [-0.25, -0.2) is 4.99 Å². The van der Waals surface area contributed by atoms with Gasteiger partial charge < -0.3 is 29.6 Å². The van der Waals surface area contributed by atoms with Crippen molar-refractivity contribution in [2.24, 2.45) is 4.99 Å². The van der Waals surface area contributed by atoms with Gasteiger partial charge in [0, 0.05) is 44.9 Å². The summed E-state index contributed by atoms with van der Waals surface area (Å²) in [5.74, 6) is 3.09. The highest BCUT2D eigenvalue weighted by Gasteiger charge is 2.11. The molecule has 7 nitrogen and oxygen atoms in total. The third-order valence-electron chi connectivity index (χ3n) is 4.43. The highest BCUT2D eigenvalue weighted by molar-refractivity contribution is 14.0. The summed E-state index contributed by atoms with van der Waals surface area (Å²) < 4.78 is 22.3. The first-order valence-corrected chi connectivity index (χ1v) is 10.4. The van der Waals surface area contributed by atoms with Crippen LogP contribution in [0.25, 0.3) is 0 Å². The largest absolute Gasteiger partial charge is 0.493 e. The number of methoxy groups -OCH3 is 1. The average Bonchev–Trinajstić information content (AvgIpc) is 3.01. The molecule has 0 atom stereocenters. The molecule has 1 aliphatic heterocycles. The SMILES string of the molecule is CCNC(=NCc1cccc(OCCCOC)c1)Nc1ccc2c(c1)OCCCO2.I. The minimum Gasteiger partial charge on any atom is -0.493 e. The standard InChI is InChI=1S/C23H31N3O4.HI/c1-3-24-23(26-19-9-10-21-22(16-19)30-14-6-13-29-21)25-17-18-7-4-8-20(15-18)28-12-5-11-27-2;/h4,7-10,15-16H,3,5-6,11-14,17H2,1-2H3,(H2,24,25,26);1H. The molecule has 0 bridgehead atoms. The summed E-state index contributed by atoms with van der Waals surface area (Å²) in [6, 6.07) is 13.9. The monoisotopic (exact) mass is 541 g/mol. The highest BCUT2D eigenvalue weighted by atomic mass is 127. The van der Waals surface area contributed by atoms with E-state index in [1.807, 2.05) is 49.4 Å². The van der Waals surface area contributed by atoms with Crippen LogP contribution in [0.1, 0.15) is 25.3 Å². The molecule has 0 amide bonds. The van der Waals surface area contributed by atoms with Crippen LogP contribution >= 0.6 is 24.0 Å². The quantitative estimate of drug-likeness (QED) is 0.212. The van der Waals surface area contributed by atoms with Gasteiger partial charge in [-0.05, 0) is 36.8 Å². The Labute approximate surface area is 201 Å². The molecule has 0 aliphatic carbocycles. The zero-order chi connectivity index (χ0) is 21.0. The molecular formula is C23H32IN3O4. The molecule has 2 N–H and O–H groups in total. The van der Waals surface area contributed by atoms with Gasteiger partial charge in [0.15, 0.2) is 17.5 Å². The predicted octanol–water partition coefficient (Wildman–Crippen LogP) is 4.46. The Bertz CT molecular complexity index is 832. The maximum atomic E-state index is 5.78. The maximum absolute atomic E-state index is 5.78. The van der Waals surface area contributed by atoms with Gasteiger partial charge in [0.05, 0.1) is 26.4 Å². The first-order chi connectivity index (χ1) is 14.8. The fourth-order valence-electron chi connectivity index (χ4n) is 2.98. The van der Waals surface area contributed by atoms with Gasteiger partial charge in [-0.15, -0.1) is 24.0 Å². The molecule has 0 spiro atoms. The van der Waals surface area contributed by atoms with Gasteiger partial charge in [0.25, 0.3) is 0 Å². The molecule has 0 fully saturated rings. The Balaban J connectivity index is 0.00000341. The van der Waals surface area contributed by atoms with E-state index in [4.69, 9.17) is 23.9 Å². The average molecular weight is 541 g/mol. The fraction of sp³-hybridized carbons (Fsp3) is 0.435. The molecule has 3 rings (SSSR count). The number of guanidine groups is 1. The van der Waals surface area contributed by atoms with Crippen molar-refractivity contribution >= 4 is 35.6 Å². The van der Waals surface area contributed by atoms with Gasteiger partial charge in [0.1, 0.15) is 5.75 Å². The minimum atomic E-state index is 0. The van der Waals surface area contributed by atoms with E-state index in [1.165, 1.54) is 0 Å². The van der Waals surface area contributed by atoms with Crippen molar-refractivity contribution in [1.82, 2.24) is 5.32 Å². The summed E-state index contributed by atoms with van der Waals surface area (Å²) in [5, 5.41) is 6.62. The highest BCUT2D eigenvalue weighted by Crippen LogP contribution is 2.32. The van der Waals surface area contributed by atoms with E-state index >= 15 is 0 Å². The number of ether oxygens (including phenoxy) is 4. The molecule has 2 aromatic carbocycles. The van der Waals surface area contributed by atoms with Crippen LogP contribution in [0, 0.1) is 0 Å². The number of fused-ring (bicyclic) bond motifs is 1. The van der Waals surface area contributed by atoms with E-state index in [1.54, 1.807) is 7.11 Å². The second kappa shape index (κ2) is 14.0. The lowest BCUT2D eigenvalue weighted by Gasteiger charge is -2.14. The normalized spacial score (nSPS) is 13.0. The summed E-state index contributed by atoms with van der Waals surface area (Å²) >= 11 is 0. The Hall–Kier alpha value is -2.20. The van der Waals surface area contributed by atoms with Crippen molar-refractivity contribution in [2.75, 3.05) is 45.4 Å². The number of hydrogen-bond acceptors (Lipinski definition) is 5. The second-order valence-electron chi connectivity index (χ2n) is 6.87. The Kier molecular flexibility index (Phi) is 11.3. The van der Waals surface area contributed by atoms with Crippen molar-refractivity contribution in [1.29, 1.82) is 0 Å². The summed E-state index contributed by atoms with van der Waals surface area (Å²) in [5.41, 5.74) is 1.98. The number of nitrogens with zero attached hydrogens (tertiary/aromatic N) is 1. The molecule has 2 aromatic rings. The zero-order valence-electron chi connectivity index (χ0n) is 18.2.